The number of ether oxygens (including phenoxy) is 1. The highest BCUT2D eigenvalue weighted by Gasteiger charge is 2.35. The number of methoxy groups -OCH3 is 1. The van der Waals surface area contributed by atoms with Gasteiger partial charge in [0.2, 0.25) is 0 Å². The second kappa shape index (κ2) is 6.25. The van der Waals surface area contributed by atoms with Crippen molar-refractivity contribution >= 4 is 0 Å². The topological polar surface area (TPSA) is 35.2 Å². The number of halogens is 2. The molecule has 1 aromatic rings. The lowest BCUT2D eigenvalue weighted by atomic mass is 9.87. The molecule has 0 aliphatic carbocycles. The first kappa shape index (κ1) is 15.1. The van der Waals surface area contributed by atoms with Crippen molar-refractivity contribution in [2.45, 2.75) is 32.4 Å². The fraction of sp³-hybridized carbons (Fsp3) is 0.571. The lowest BCUT2D eigenvalue weighted by Gasteiger charge is -2.27. The molecule has 1 atom stereocenters. The average Bonchev–Trinajstić information content (AvgIpc) is 2.25. The van der Waals surface area contributed by atoms with Gasteiger partial charge in [0.25, 0.3) is 0 Å². The van der Waals surface area contributed by atoms with E-state index in [1.54, 1.807) is 19.9 Å². The van der Waals surface area contributed by atoms with E-state index in [2.05, 4.69) is 0 Å². The van der Waals surface area contributed by atoms with Crippen molar-refractivity contribution in [3.63, 3.8) is 0 Å². The first-order valence-electron chi connectivity index (χ1n) is 6.09. The third-order valence-corrected chi connectivity index (χ3v) is 3.03. The van der Waals surface area contributed by atoms with E-state index in [4.69, 9.17) is 10.5 Å². The quantitative estimate of drug-likeness (QED) is 0.850. The Morgan fingerprint density at radius 2 is 2.00 bits per heavy atom. The van der Waals surface area contributed by atoms with Crippen LogP contribution >= 0.6 is 0 Å². The summed E-state index contributed by atoms with van der Waals surface area (Å²) >= 11 is 0. The first-order chi connectivity index (χ1) is 8.44. The van der Waals surface area contributed by atoms with Crippen LogP contribution in [0.25, 0.3) is 0 Å². The van der Waals surface area contributed by atoms with Gasteiger partial charge in [-0.15, -0.1) is 0 Å². The van der Waals surface area contributed by atoms with E-state index in [9.17, 15) is 8.78 Å². The van der Waals surface area contributed by atoms with Gasteiger partial charge in [0.05, 0.1) is 6.61 Å². The molecule has 18 heavy (non-hydrogen) atoms. The minimum atomic E-state index is -1.81. The van der Waals surface area contributed by atoms with Crippen LogP contribution in [0.15, 0.2) is 12.1 Å². The lowest BCUT2D eigenvalue weighted by molar-refractivity contribution is 0.0272. The molecule has 0 fully saturated rings. The molecular weight excluding hydrogens is 236 g/mol. The van der Waals surface area contributed by atoms with E-state index in [-0.39, 0.29) is 18.6 Å². The van der Waals surface area contributed by atoms with E-state index in [0.29, 0.717) is 18.5 Å². The molecule has 1 rings (SSSR count). The number of alkyl halides is 1. The summed E-state index contributed by atoms with van der Waals surface area (Å²) < 4.78 is 33.9. The molecule has 0 aromatic heterocycles. The number of hydrogen-bond acceptors (Lipinski definition) is 2. The highest BCUT2D eigenvalue weighted by molar-refractivity contribution is 5.36. The van der Waals surface area contributed by atoms with Crippen LogP contribution in [-0.2, 0) is 10.4 Å². The standard InChI is InChI=1S/C14H21F2NO/c1-10-7-11(2)13(12(15)8-10)14(16,9-18-3)5-4-6-17/h7-8H,4-6,9,17H2,1-3H3. The molecule has 2 nitrogen and oxygen atoms in total. The minimum absolute atomic E-state index is 0.100. The second-order valence-corrected chi connectivity index (χ2v) is 4.73. The SMILES string of the molecule is COCC(F)(CCCN)c1c(C)cc(C)cc1F. The minimum Gasteiger partial charge on any atom is -0.381 e. The van der Waals surface area contributed by atoms with Crippen LogP contribution in [0.4, 0.5) is 8.78 Å². The summed E-state index contributed by atoms with van der Waals surface area (Å²) in [6, 6.07) is 3.14. The second-order valence-electron chi connectivity index (χ2n) is 4.73. The average molecular weight is 257 g/mol. The van der Waals surface area contributed by atoms with Crippen molar-refractivity contribution < 1.29 is 13.5 Å². The number of rotatable bonds is 6. The van der Waals surface area contributed by atoms with Crippen LogP contribution in [0.5, 0.6) is 0 Å². The normalized spacial score (nSPS) is 14.6. The highest BCUT2D eigenvalue weighted by atomic mass is 19.1. The molecular formula is C14H21F2NO. The van der Waals surface area contributed by atoms with Gasteiger partial charge in [0.15, 0.2) is 5.67 Å². The Labute approximate surface area is 107 Å². The van der Waals surface area contributed by atoms with Crippen molar-refractivity contribution in [1.82, 2.24) is 0 Å². The van der Waals surface area contributed by atoms with Gasteiger partial charge >= 0.3 is 0 Å². The van der Waals surface area contributed by atoms with Gasteiger partial charge in [-0.2, -0.15) is 0 Å². The maximum absolute atomic E-state index is 14.9. The van der Waals surface area contributed by atoms with Crippen LogP contribution in [0.2, 0.25) is 0 Å². The maximum atomic E-state index is 14.9. The summed E-state index contributed by atoms with van der Waals surface area (Å²) in [6.45, 7) is 3.73. The molecule has 0 heterocycles. The summed E-state index contributed by atoms with van der Waals surface area (Å²) in [7, 11) is 1.41. The molecule has 0 saturated heterocycles. The maximum Gasteiger partial charge on any atom is 0.162 e. The third-order valence-electron chi connectivity index (χ3n) is 3.03. The van der Waals surface area contributed by atoms with E-state index < -0.39 is 11.5 Å². The summed E-state index contributed by atoms with van der Waals surface area (Å²) in [4.78, 5) is 0. The predicted octanol–water partition coefficient (Wildman–Crippen LogP) is 2.99. The summed E-state index contributed by atoms with van der Waals surface area (Å²) in [5.41, 5.74) is 5.10. The van der Waals surface area contributed by atoms with E-state index >= 15 is 0 Å². The van der Waals surface area contributed by atoms with Gasteiger partial charge in [0.1, 0.15) is 5.82 Å². The monoisotopic (exact) mass is 257 g/mol. The fourth-order valence-electron chi connectivity index (χ4n) is 2.36. The molecule has 0 aliphatic rings. The van der Waals surface area contributed by atoms with Crippen molar-refractivity contribution in [3.05, 3.63) is 34.6 Å². The summed E-state index contributed by atoms with van der Waals surface area (Å²) in [5.74, 6) is -0.510. The largest absolute Gasteiger partial charge is 0.381 e. The number of hydrogen-bond donors (Lipinski definition) is 1. The van der Waals surface area contributed by atoms with Gasteiger partial charge in [0, 0.05) is 12.7 Å². The molecule has 0 spiro atoms. The molecule has 2 N–H and O–H groups in total. The number of nitrogens with two attached hydrogens (primary N) is 1. The lowest BCUT2D eigenvalue weighted by Crippen LogP contribution is -2.29. The number of aryl methyl sites for hydroxylation is 2. The van der Waals surface area contributed by atoms with Crippen LogP contribution in [0, 0.1) is 19.7 Å². The zero-order valence-electron chi connectivity index (χ0n) is 11.2. The van der Waals surface area contributed by atoms with Gasteiger partial charge in [-0.05, 0) is 50.4 Å². The Morgan fingerprint density at radius 3 is 2.50 bits per heavy atom. The van der Waals surface area contributed by atoms with Gasteiger partial charge in [-0.1, -0.05) is 6.07 Å². The summed E-state index contributed by atoms with van der Waals surface area (Å²) in [6.07, 6.45) is 0.658. The van der Waals surface area contributed by atoms with Crippen molar-refractivity contribution in [1.29, 1.82) is 0 Å². The summed E-state index contributed by atoms with van der Waals surface area (Å²) in [5, 5.41) is 0. The predicted molar refractivity (Wildman–Crippen MR) is 68.8 cm³/mol. The van der Waals surface area contributed by atoms with Crippen LogP contribution in [-0.4, -0.2) is 20.3 Å². The number of benzene rings is 1. The van der Waals surface area contributed by atoms with Crippen LogP contribution in [0.1, 0.15) is 29.5 Å². The molecule has 0 radical (unpaired) electrons. The molecule has 0 amide bonds. The Morgan fingerprint density at radius 1 is 1.33 bits per heavy atom. The van der Waals surface area contributed by atoms with Crippen molar-refractivity contribution in [3.8, 4) is 0 Å². The Bertz CT molecular complexity index is 386. The smallest absolute Gasteiger partial charge is 0.162 e. The van der Waals surface area contributed by atoms with E-state index in [1.165, 1.54) is 13.2 Å². The van der Waals surface area contributed by atoms with Crippen LogP contribution < -0.4 is 5.73 Å². The van der Waals surface area contributed by atoms with E-state index in [1.807, 2.05) is 0 Å². The Balaban J connectivity index is 3.20. The van der Waals surface area contributed by atoms with Crippen LogP contribution in [0.3, 0.4) is 0 Å². The molecule has 0 bridgehead atoms. The zero-order chi connectivity index (χ0) is 13.8. The van der Waals surface area contributed by atoms with Gasteiger partial charge in [-0.25, -0.2) is 8.78 Å². The van der Waals surface area contributed by atoms with E-state index in [0.717, 1.165) is 5.56 Å². The molecule has 0 aliphatic heterocycles. The molecule has 0 saturated carbocycles. The third kappa shape index (κ3) is 3.27. The molecule has 102 valence electrons. The molecule has 1 unspecified atom stereocenters. The van der Waals surface area contributed by atoms with Gasteiger partial charge < -0.3 is 10.5 Å². The fourth-order valence-corrected chi connectivity index (χ4v) is 2.36. The van der Waals surface area contributed by atoms with Crippen molar-refractivity contribution in [2.24, 2.45) is 5.73 Å². The van der Waals surface area contributed by atoms with Crippen molar-refractivity contribution in [2.75, 3.05) is 20.3 Å². The molecule has 1 aromatic carbocycles. The highest BCUT2D eigenvalue weighted by Crippen LogP contribution is 2.36. The molecule has 4 heteroatoms. The van der Waals surface area contributed by atoms with Gasteiger partial charge in [-0.3, -0.25) is 0 Å². The first-order valence-corrected chi connectivity index (χ1v) is 6.09. The Kier molecular flexibility index (Phi) is 5.23. The zero-order valence-corrected chi connectivity index (χ0v) is 11.2. The Hall–Kier alpha value is -1.00.